The molecule has 2 bridgehead atoms. The van der Waals surface area contributed by atoms with Crippen molar-refractivity contribution in [3.63, 3.8) is 0 Å². The molecule has 3 aliphatic rings. The van der Waals surface area contributed by atoms with E-state index in [0.29, 0.717) is 5.57 Å². The number of allylic oxidation sites excluding steroid dienone is 1. The molecule has 4 rings (SSSR count). The number of aliphatic hydroxyl groups excluding tert-OH is 1. The van der Waals surface area contributed by atoms with Crippen LogP contribution >= 0.6 is 15.9 Å². The number of rotatable bonds is 2. The average molecular weight is 347 g/mol. The van der Waals surface area contributed by atoms with Crippen molar-refractivity contribution in [1.82, 2.24) is 0 Å². The number of aryl methyl sites for hydroxylation is 1. The van der Waals surface area contributed by atoms with Crippen molar-refractivity contribution >= 4 is 27.3 Å². The summed E-state index contributed by atoms with van der Waals surface area (Å²) in [5.74, 6) is -0.235. The lowest BCUT2D eigenvalue weighted by Gasteiger charge is -2.15. The van der Waals surface area contributed by atoms with Gasteiger partial charge in [-0.3, -0.25) is 4.79 Å². The highest BCUT2D eigenvalue weighted by Crippen LogP contribution is 2.51. The van der Waals surface area contributed by atoms with Gasteiger partial charge in [-0.25, -0.2) is 0 Å². The van der Waals surface area contributed by atoms with E-state index in [1.165, 1.54) is 0 Å². The Kier molecular flexibility index (Phi) is 2.88. The normalized spacial score (nSPS) is 33.1. The van der Waals surface area contributed by atoms with E-state index in [1.807, 2.05) is 30.4 Å². The Bertz CT molecular complexity index is 704. The second-order valence-electron chi connectivity index (χ2n) is 5.78. The molecule has 1 fully saturated rings. The summed E-state index contributed by atoms with van der Waals surface area (Å²) in [6.07, 6.45) is 4.40. The van der Waals surface area contributed by atoms with E-state index in [4.69, 9.17) is 4.74 Å². The van der Waals surface area contributed by atoms with Crippen LogP contribution in [0.3, 0.4) is 0 Å². The molecule has 0 spiro atoms. The molecule has 0 radical (unpaired) electrons. The molecule has 3 nitrogen and oxygen atoms in total. The van der Waals surface area contributed by atoms with E-state index in [-0.39, 0.29) is 35.6 Å². The van der Waals surface area contributed by atoms with Gasteiger partial charge in [0.05, 0.1) is 29.6 Å². The molecule has 1 saturated heterocycles. The molecule has 108 valence electrons. The summed E-state index contributed by atoms with van der Waals surface area (Å²) in [6.45, 7) is 2.05. The lowest BCUT2D eigenvalue weighted by molar-refractivity contribution is -0.118. The maximum Gasteiger partial charge on any atom is 0.173 e. The van der Waals surface area contributed by atoms with Crippen LogP contribution < -0.4 is 0 Å². The van der Waals surface area contributed by atoms with Gasteiger partial charge in [0, 0.05) is 4.47 Å². The summed E-state index contributed by atoms with van der Waals surface area (Å²) in [7, 11) is 0. The number of Topliss-reactive ketones (excluding diaryl/α,β-unsaturated/α-hetero) is 1. The fraction of sp³-hybridized carbons (Fsp3) is 0.353. The van der Waals surface area contributed by atoms with Crippen molar-refractivity contribution in [2.45, 2.75) is 25.6 Å². The minimum absolute atomic E-state index is 0.0159. The molecule has 2 heterocycles. The smallest absolute Gasteiger partial charge is 0.173 e. The molecule has 1 aromatic rings. The van der Waals surface area contributed by atoms with Crippen LogP contribution in [0.1, 0.15) is 18.1 Å². The predicted octanol–water partition coefficient (Wildman–Crippen LogP) is 3.43. The number of halogens is 1. The first-order valence-corrected chi connectivity index (χ1v) is 8.01. The third kappa shape index (κ3) is 1.72. The molecule has 1 N–H and O–H groups in total. The average Bonchev–Trinajstić information content (AvgIpc) is 3.13. The summed E-state index contributed by atoms with van der Waals surface area (Å²) in [5.41, 5.74) is 2.42. The summed E-state index contributed by atoms with van der Waals surface area (Å²) in [6, 6.07) is 5.90. The van der Waals surface area contributed by atoms with Gasteiger partial charge >= 0.3 is 0 Å². The number of ketones is 1. The number of carbonyl (C=O) groups excluding carboxylic acids is 1. The van der Waals surface area contributed by atoms with Crippen LogP contribution in [-0.4, -0.2) is 23.1 Å². The molecule has 2 unspecified atom stereocenters. The van der Waals surface area contributed by atoms with Gasteiger partial charge in [-0.15, -0.1) is 0 Å². The van der Waals surface area contributed by atoms with Gasteiger partial charge in [0.1, 0.15) is 5.76 Å². The van der Waals surface area contributed by atoms with Crippen molar-refractivity contribution in [2.24, 2.45) is 11.8 Å². The van der Waals surface area contributed by atoms with Gasteiger partial charge in [-0.05, 0) is 29.7 Å². The summed E-state index contributed by atoms with van der Waals surface area (Å²) in [5, 5.41) is 10.6. The molecule has 4 heteroatoms. The van der Waals surface area contributed by atoms with Crippen LogP contribution in [0.25, 0.3) is 5.57 Å². The largest absolute Gasteiger partial charge is 0.511 e. The zero-order chi connectivity index (χ0) is 14.7. The van der Waals surface area contributed by atoms with Crippen LogP contribution in [-0.2, 0) is 16.0 Å². The molecular weight excluding hydrogens is 332 g/mol. The first-order valence-electron chi connectivity index (χ1n) is 7.21. The third-order valence-electron chi connectivity index (χ3n) is 4.74. The molecule has 0 saturated carbocycles. The SMILES string of the molecule is CCc1ccc(Br)cc1C1=C(O)[C@@H]2C3C=CC(O3)[C@@H]2C1=O. The highest BCUT2D eigenvalue weighted by atomic mass is 79.9. The van der Waals surface area contributed by atoms with Crippen LogP contribution in [0, 0.1) is 11.8 Å². The van der Waals surface area contributed by atoms with Gasteiger partial charge in [0.2, 0.25) is 0 Å². The zero-order valence-corrected chi connectivity index (χ0v) is 13.1. The Hall–Kier alpha value is -1.39. The lowest BCUT2D eigenvalue weighted by atomic mass is 9.84. The third-order valence-corrected chi connectivity index (χ3v) is 5.24. The molecule has 0 amide bonds. The van der Waals surface area contributed by atoms with E-state index in [1.54, 1.807) is 0 Å². The molecule has 1 aliphatic carbocycles. The van der Waals surface area contributed by atoms with Gasteiger partial charge in [0.15, 0.2) is 5.78 Å². The highest BCUT2D eigenvalue weighted by molar-refractivity contribution is 9.10. The molecular formula is C17H15BrO3. The Labute approximate surface area is 131 Å². The van der Waals surface area contributed by atoms with E-state index >= 15 is 0 Å². The van der Waals surface area contributed by atoms with E-state index in [0.717, 1.165) is 22.0 Å². The number of ether oxygens (including phenoxy) is 1. The fourth-order valence-corrected chi connectivity index (χ4v) is 4.13. The van der Waals surface area contributed by atoms with Gasteiger partial charge in [-0.1, -0.05) is 41.1 Å². The highest BCUT2D eigenvalue weighted by Gasteiger charge is 2.57. The van der Waals surface area contributed by atoms with Crippen molar-refractivity contribution in [3.05, 3.63) is 51.7 Å². The predicted molar refractivity (Wildman–Crippen MR) is 82.9 cm³/mol. The number of aliphatic hydroxyl groups is 1. The maximum absolute atomic E-state index is 12.8. The van der Waals surface area contributed by atoms with Crippen molar-refractivity contribution < 1.29 is 14.6 Å². The van der Waals surface area contributed by atoms with Crippen LogP contribution in [0.15, 0.2) is 40.6 Å². The molecule has 0 aromatic heterocycles. The van der Waals surface area contributed by atoms with Crippen molar-refractivity contribution in [2.75, 3.05) is 0 Å². The Morgan fingerprint density at radius 3 is 2.62 bits per heavy atom. The topological polar surface area (TPSA) is 46.5 Å². The summed E-state index contributed by atoms with van der Waals surface area (Å²) < 4.78 is 6.62. The monoisotopic (exact) mass is 346 g/mol. The lowest BCUT2D eigenvalue weighted by Crippen LogP contribution is -2.26. The quantitative estimate of drug-likeness (QED) is 0.834. The molecule has 21 heavy (non-hydrogen) atoms. The van der Waals surface area contributed by atoms with Gasteiger partial charge < -0.3 is 9.84 Å². The summed E-state index contributed by atoms with van der Waals surface area (Å²) >= 11 is 3.46. The number of carbonyl (C=O) groups is 1. The second kappa shape index (κ2) is 4.55. The minimum atomic E-state index is -0.251. The number of fused-ring (bicyclic) bond motifs is 5. The molecule has 2 aliphatic heterocycles. The standard InChI is InChI=1S/C17H15BrO3/c1-2-8-3-4-9(18)7-10(8)13-16(19)14-11-5-6-12(21-11)15(14)17(13)20/h3-7,11-12,14-15,19H,2H2,1H3/t11?,12?,14-,15+/m1/s1. The maximum atomic E-state index is 12.8. The van der Waals surface area contributed by atoms with Gasteiger partial charge in [0.25, 0.3) is 0 Å². The van der Waals surface area contributed by atoms with Crippen molar-refractivity contribution in [1.29, 1.82) is 0 Å². The first kappa shape index (κ1) is 13.3. The second-order valence-corrected chi connectivity index (χ2v) is 6.70. The summed E-state index contributed by atoms with van der Waals surface area (Å²) in [4.78, 5) is 12.8. The number of hydrogen-bond donors (Lipinski definition) is 1. The minimum Gasteiger partial charge on any atom is -0.511 e. The number of benzene rings is 1. The van der Waals surface area contributed by atoms with Crippen LogP contribution in [0.4, 0.5) is 0 Å². The van der Waals surface area contributed by atoms with Crippen LogP contribution in [0.2, 0.25) is 0 Å². The van der Waals surface area contributed by atoms with Crippen LogP contribution in [0.5, 0.6) is 0 Å². The fourth-order valence-electron chi connectivity index (χ4n) is 3.77. The Morgan fingerprint density at radius 1 is 1.24 bits per heavy atom. The van der Waals surface area contributed by atoms with Gasteiger partial charge in [-0.2, -0.15) is 0 Å². The van der Waals surface area contributed by atoms with E-state index in [9.17, 15) is 9.90 Å². The molecule has 1 aromatic carbocycles. The first-order chi connectivity index (χ1) is 10.1. The Morgan fingerprint density at radius 2 is 1.95 bits per heavy atom. The number of hydrogen-bond acceptors (Lipinski definition) is 3. The zero-order valence-electron chi connectivity index (χ0n) is 11.5. The van der Waals surface area contributed by atoms with E-state index in [2.05, 4.69) is 22.9 Å². The Balaban J connectivity index is 1.86. The van der Waals surface area contributed by atoms with Crippen molar-refractivity contribution in [3.8, 4) is 0 Å². The molecule has 4 atom stereocenters. The van der Waals surface area contributed by atoms with E-state index < -0.39 is 0 Å².